The molecule has 0 spiro atoms. The van der Waals surface area contributed by atoms with Crippen molar-refractivity contribution in [2.45, 2.75) is 18.5 Å². The van der Waals surface area contributed by atoms with Crippen molar-refractivity contribution in [3.63, 3.8) is 0 Å². The van der Waals surface area contributed by atoms with Gasteiger partial charge in [-0.2, -0.15) is 0 Å². The first kappa shape index (κ1) is 14.4. The number of hydrogen-bond acceptors (Lipinski definition) is 3. The quantitative estimate of drug-likeness (QED) is 0.894. The van der Waals surface area contributed by atoms with Crippen LogP contribution in [0.25, 0.3) is 0 Å². The molecular weight excluding hydrogens is 241 g/mol. The van der Waals surface area contributed by atoms with E-state index in [4.69, 9.17) is 0 Å². The van der Waals surface area contributed by atoms with Crippen LogP contribution < -0.4 is 5.32 Å². The molecule has 1 heterocycles. The molecule has 2 rings (SSSR count). The van der Waals surface area contributed by atoms with Crippen LogP contribution in [-0.2, 0) is 0 Å². The summed E-state index contributed by atoms with van der Waals surface area (Å²) in [5.41, 5.74) is 1.03. The first-order chi connectivity index (χ1) is 9.10. The van der Waals surface area contributed by atoms with Gasteiger partial charge in [0.1, 0.15) is 5.82 Å². The van der Waals surface area contributed by atoms with Crippen LogP contribution in [0.5, 0.6) is 0 Å². The minimum absolute atomic E-state index is 0.160. The van der Waals surface area contributed by atoms with Gasteiger partial charge in [0.2, 0.25) is 0 Å². The number of halogens is 1. The Balaban J connectivity index is 2.06. The molecule has 1 aromatic rings. The van der Waals surface area contributed by atoms with Gasteiger partial charge in [-0.25, -0.2) is 4.39 Å². The van der Waals surface area contributed by atoms with Crippen LogP contribution in [0.15, 0.2) is 24.3 Å². The largest absolute Gasteiger partial charge is 0.313 e. The van der Waals surface area contributed by atoms with E-state index in [1.807, 2.05) is 13.1 Å². The molecule has 0 bridgehead atoms. The summed E-state index contributed by atoms with van der Waals surface area (Å²) in [5.74, 6) is -0.160. The smallest absolute Gasteiger partial charge is 0.123 e. The second-order valence-electron chi connectivity index (χ2n) is 5.53. The number of nitrogens with one attached hydrogen (secondary N) is 1. The SMILES string of the molecule is CNC(CC1CN(C)CCN1C)c1cccc(F)c1. The normalized spacial score (nSPS) is 23.5. The van der Waals surface area contributed by atoms with Crippen molar-refractivity contribution in [1.29, 1.82) is 0 Å². The molecule has 0 aliphatic carbocycles. The van der Waals surface area contributed by atoms with Crippen LogP contribution in [0.2, 0.25) is 0 Å². The Kier molecular flexibility index (Phi) is 4.91. The number of rotatable bonds is 4. The zero-order valence-electron chi connectivity index (χ0n) is 12.1. The second kappa shape index (κ2) is 6.46. The van der Waals surface area contributed by atoms with Crippen molar-refractivity contribution in [2.75, 3.05) is 40.8 Å². The third-order valence-corrected chi connectivity index (χ3v) is 4.09. The number of likely N-dealkylation sites (N-methyl/N-ethyl adjacent to an activating group) is 2. The summed E-state index contributed by atoms with van der Waals surface area (Å²) in [4.78, 5) is 4.77. The molecule has 0 aromatic heterocycles. The van der Waals surface area contributed by atoms with Crippen molar-refractivity contribution >= 4 is 0 Å². The summed E-state index contributed by atoms with van der Waals surface area (Å²) in [6.45, 7) is 3.29. The molecule has 1 aliphatic rings. The number of benzene rings is 1. The molecule has 1 fully saturated rings. The highest BCUT2D eigenvalue weighted by Crippen LogP contribution is 2.22. The van der Waals surface area contributed by atoms with Gasteiger partial charge in [-0.05, 0) is 45.3 Å². The molecule has 2 unspecified atom stereocenters. The molecule has 2 atom stereocenters. The molecule has 1 aliphatic heterocycles. The highest BCUT2D eigenvalue weighted by Gasteiger charge is 2.25. The van der Waals surface area contributed by atoms with E-state index in [2.05, 4.69) is 29.2 Å². The van der Waals surface area contributed by atoms with Gasteiger partial charge in [-0.3, -0.25) is 0 Å². The third-order valence-electron chi connectivity index (χ3n) is 4.09. The summed E-state index contributed by atoms with van der Waals surface area (Å²) in [6.07, 6.45) is 1.00. The molecule has 4 heteroatoms. The van der Waals surface area contributed by atoms with Crippen LogP contribution in [-0.4, -0.2) is 56.6 Å². The van der Waals surface area contributed by atoms with Gasteiger partial charge in [0.25, 0.3) is 0 Å². The summed E-state index contributed by atoms with van der Waals surface area (Å²) in [7, 11) is 6.29. The molecule has 1 N–H and O–H groups in total. The molecule has 19 heavy (non-hydrogen) atoms. The summed E-state index contributed by atoms with van der Waals surface area (Å²) >= 11 is 0. The number of hydrogen-bond donors (Lipinski definition) is 1. The van der Waals surface area contributed by atoms with E-state index in [9.17, 15) is 4.39 Å². The van der Waals surface area contributed by atoms with E-state index in [1.54, 1.807) is 12.1 Å². The first-order valence-electron chi connectivity index (χ1n) is 6.91. The molecule has 1 saturated heterocycles. The monoisotopic (exact) mass is 265 g/mol. The van der Waals surface area contributed by atoms with Crippen LogP contribution in [0, 0.1) is 5.82 Å². The summed E-state index contributed by atoms with van der Waals surface area (Å²) in [6, 6.07) is 7.63. The fraction of sp³-hybridized carbons (Fsp3) is 0.600. The second-order valence-corrected chi connectivity index (χ2v) is 5.53. The van der Waals surface area contributed by atoms with Crippen molar-refractivity contribution in [3.8, 4) is 0 Å². The first-order valence-corrected chi connectivity index (χ1v) is 6.91. The lowest BCUT2D eigenvalue weighted by atomic mass is 9.97. The Bertz CT molecular complexity index is 410. The maximum atomic E-state index is 13.3. The maximum Gasteiger partial charge on any atom is 0.123 e. The van der Waals surface area contributed by atoms with Gasteiger partial charge < -0.3 is 15.1 Å². The molecule has 0 amide bonds. The lowest BCUT2D eigenvalue weighted by molar-refractivity contribution is 0.102. The van der Waals surface area contributed by atoms with Crippen LogP contribution in [0.1, 0.15) is 18.0 Å². The maximum absolute atomic E-state index is 13.3. The highest BCUT2D eigenvalue weighted by molar-refractivity contribution is 5.20. The van der Waals surface area contributed by atoms with Gasteiger partial charge in [0.15, 0.2) is 0 Å². The number of piperazine rings is 1. The lowest BCUT2D eigenvalue weighted by Gasteiger charge is -2.39. The Morgan fingerprint density at radius 3 is 2.84 bits per heavy atom. The third kappa shape index (κ3) is 3.75. The molecule has 106 valence electrons. The topological polar surface area (TPSA) is 18.5 Å². The Morgan fingerprint density at radius 1 is 1.37 bits per heavy atom. The average molecular weight is 265 g/mol. The van der Waals surface area contributed by atoms with E-state index in [0.29, 0.717) is 6.04 Å². The summed E-state index contributed by atoms with van der Waals surface area (Å²) in [5, 5.41) is 3.32. The predicted molar refractivity (Wildman–Crippen MR) is 76.7 cm³/mol. The standard InChI is InChI=1S/C15H24FN3/c1-17-15(12-5-4-6-13(16)9-12)10-14-11-18(2)7-8-19(14)3/h4-6,9,14-15,17H,7-8,10-11H2,1-3H3. The minimum atomic E-state index is -0.160. The Labute approximate surface area is 115 Å². The fourth-order valence-corrected chi connectivity index (χ4v) is 2.77. The van der Waals surface area contributed by atoms with E-state index in [-0.39, 0.29) is 11.9 Å². The van der Waals surface area contributed by atoms with Gasteiger partial charge in [-0.1, -0.05) is 12.1 Å². The van der Waals surface area contributed by atoms with Crippen LogP contribution >= 0.6 is 0 Å². The highest BCUT2D eigenvalue weighted by atomic mass is 19.1. The van der Waals surface area contributed by atoms with E-state index in [1.165, 1.54) is 6.07 Å². The molecule has 3 nitrogen and oxygen atoms in total. The van der Waals surface area contributed by atoms with Gasteiger partial charge in [0.05, 0.1) is 0 Å². The molecule has 1 aromatic carbocycles. The zero-order chi connectivity index (χ0) is 13.8. The Morgan fingerprint density at radius 2 is 2.16 bits per heavy atom. The molecule has 0 saturated carbocycles. The average Bonchev–Trinajstić information content (AvgIpc) is 2.39. The van der Waals surface area contributed by atoms with Gasteiger partial charge in [0, 0.05) is 31.7 Å². The molecular formula is C15H24FN3. The van der Waals surface area contributed by atoms with Crippen LogP contribution in [0.3, 0.4) is 0 Å². The Hall–Kier alpha value is -0.970. The number of nitrogens with zero attached hydrogens (tertiary/aromatic N) is 2. The van der Waals surface area contributed by atoms with Crippen molar-refractivity contribution in [2.24, 2.45) is 0 Å². The predicted octanol–water partition coefficient (Wildman–Crippen LogP) is 1.72. The van der Waals surface area contributed by atoms with E-state index < -0.39 is 0 Å². The van der Waals surface area contributed by atoms with E-state index in [0.717, 1.165) is 31.6 Å². The van der Waals surface area contributed by atoms with Crippen molar-refractivity contribution < 1.29 is 4.39 Å². The van der Waals surface area contributed by atoms with Crippen LogP contribution in [0.4, 0.5) is 4.39 Å². The van der Waals surface area contributed by atoms with Crippen molar-refractivity contribution in [1.82, 2.24) is 15.1 Å². The summed E-state index contributed by atoms with van der Waals surface area (Å²) < 4.78 is 13.3. The zero-order valence-corrected chi connectivity index (χ0v) is 12.1. The lowest BCUT2D eigenvalue weighted by Crippen LogP contribution is -2.50. The molecule has 0 radical (unpaired) electrons. The minimum Gasteiger partial charge on any atom is -0.313 e. The van der Waals surface area contributed by atoms with Gasteiger partial charge in [-0.15, -0.1) is 0 Å². The fourth-order valence-electron chi connectivity index (χ4n) is 2.77. The van der Waals surface area contributed by atoms with Crippen molar-refractivity contribution in [3.05, 3.63) is 35.6 Å². The van der Waals surface area contributed by atoms with Gasteiger partial charge >= 0.3 is 0 Å². The van der Waals surface area contributed by atoms with E-state index >= 15 is 0 Å².